The molecule has 0 saturated heterocycles. The molecule has 21 heteroatoms. The number of nitro benzene ring substituents is 3. The molecule has 0 spiro atoms. The molecule has 0 fully saturated rings. The molecule has 0 radical (unpaired) electrons. The lowest BCUT2D eigenvalue weighted by Crippen LogP contribution is -3.13. The SMILES string of the molecule is O.O=C(Nc1ccc(OCC[NH+](CCOc2ccc(NC(=O)c3ccc([N+](=O)[O-])cc3)cc2)CCOc2ccc(NC(=O)c3ccc([N+](=O)[O-])cc3)cc2)cc1)c1ccc([N+](=O)[O-])cc1.[Cl-]. The summed E-state index contributed by atoms with van der Waals surface area (Å²) in [5, 5.41) is 41.0. The van der Waals surface area contributed by atoms with Crippen LogP contribution in [0.3, 0.4) is 0 Å². The second kappa shape index (κ2) is 24.4. The third-order valence-electron chi connectivity index (χ3n) is 9.53. The Morgan fingerprint density at radius 1 is 0.409 bits per heavy atom. The lowest BCUT2D eigenvalue weighted by atomic mass is 10.2. The number of halogens is 1. The van der Waals surface area contributed by atoms with Crippen LogP contribution < -0.4 is 47.5 Å². The highest BCUT2D eigenvalue weighted by molar-refractivity contribution is 6.05. The molecule has 0 atom stereocenters. The Morgan fingerprint density at radius 3 is 0.848 bits per heavy atom. The number of hydrogen-bond acceptors (Lipinski definition) is 12. The van der Waals surface area contributed by atoms with Gasteiger partial charge in [-0.25, -0.2) is 0 Å². The number of hydrogen-bond donors (Lipinski definition) is 4. The molecule has 0 saturated carbocycles. The highest BCUT2D eigenvalue weighted by atomic mass is 35.5. The summed E-state index contributed by atoms with van der Waals surface area (Å²) in [7, 11) is 0. The minimum Gasteiger partial charge on any atom is -1.00 e. The molecule has 0 aromatic heterocycles. The van der Waals surface area contributed by atoms with Crippen LogP contribution in [0.25, 0.3) is 0 Å². The van der Waals surface area contributed by atoms with Crippen molar-refractivity contribution in [1.29, 1.82) is 0 Å². The smallest absolute Gasteiger partial charge is 0.269 e. The van der Waals surface area contributed by atoms with Gasteiger partial charge in [0.25, 0.3) is 34.8 Å². The van der Waals surface area contributed by atoms with Crippen LogP contribution in [0, 0.1) is 30.3 Å². The second-order valence-corrected chi connectivity index (χ2v) is 13.9. The molecule has 0 aliphatic carbocycles. The highest BCUT2D eigenvalue weighted by Gasteiger charge is 2.15. The first-order chi connectivity index (χ1) is 30.9. The van der Waals surface area contributed by atoms with Crippen LogP contribution in [0.5, 0.6) is 17.2 Å². The van der Waals surface area contributed by atoms with E-state index in [1.807, 2.05) is 0 Å². The van der Waals surface area contributed by atoms with E-state index in [2.05, 4.69) is 16.0 Å². The quantitative estimate of drug-likeness (QED) is 0.0599. The molecule has 6 N–H and O–H groups in total. The lowest BCUT2D eigenvalue weighted by Gasteiger charge is -2.20. The van der Waals surface area contributed by atoms with Gasteiger partial charge in [0.2, 0.25) is 0 Å². The van der Waals surface area contributed by atoms with Gasteiger partial charge in [-0.2, -0.15) is 0 Å². The molecule has 0 aliphatic rings. The van der Waals surface area contributed by atoms with E-state index in [1.54, 1.807) is 72.8 Å². The fourth-order valence-electron chi connectivity index (χ4n) is 6.03. The average molecular weight is 924 g/mol. The Morgan fingerprint density at radius 2 is 0.636 bits per heavy atom. The number of rotatable bonds is 21. The van der Waals surface area contributed by atoms with Crippen molar-refractivity contribution in [3.8, 4) is 17.2 Å². The molecule has 20 nitrogen and oxygen atoms in total. The standard InChI is InChI=1S/C45H39N7O12.ClH.H2O/c53-43(31-1-13-37(14-2-31)50(56)57)46-34-7-19-40(20-8-34)62-28-25-49(26-29-63-41-21-9-35(10-22-41)47-44(54)32-3-15-38(16-4-32)51(58)59)27-30-64-42-23-11-36(12-24-42)48-45(55)33-5-17-39(18-6-33)52(60)61;;/h1-24H,25-30H2,(H,46,53)(H,47,54)(H,48,55);1H;1H2. The molecule has 66 heavy (non-hydrogen) atoms. The summed E-state index contributed by atoms with van der Waals surface area (Å²) in [6.07, 6.45) is 0. The first-order valence-electron chi connectivity index (χ1n) is 19.6. The van der Waals surface area contributed by atoms with Crippen LogP contribution in [0.1, 0.15) is 31.1 Å². The Kier molecular flexibility index (Phi) is 18.6. The first-order valence-corrected chi connectivity index (χ1v) is 19.6. The van der Waals surface area contributed by atoms with Crippen molar-refractivity contribution in [2.45, 2.75) is 0 Å². The van der Waals surface area contributed by atoms with Gasteiger partial charge in [-0.15, -0.1) is 0 Å². The Hall–Kier alpha value is -8.46. The third kappa shape index (κ3) is 14.8. The van der Waals surface area contributed by atoms with Crippen molar-refractivity contribution in [3.05, 3.63) is 193 Å². The molecule has 0 unspecified atom stereocenters. The number of quaternary nitrogens is 1. The van der Waals surface area contributed by atoms with Crippen LogP contribution in [-0.2, 0) is 0 Å². The maximum atomic E-state index is 12.6. The molecule has 0 heterocycles. The van der Waals surface area contributed by atoms with Gasteiger partial charge in [0, 0.05) is 70.2 Å². The van der Waals surface area contributed by atoms with Gasteiger partial charge < -0.3 is 52.9 Å². The number of benzene rings is 6. The number of nitrogens with zero attached hydrogens (tertiary/aromatic N) is 3. The highest BCUT2D eigenvalue weighted by Crippen LogP contribution is 2.21. The van der Waals surface area contributed by atoms with Gasteiger partial charge in [0.1, 0.15) is 56.7 Å². The molecule has 6 aromatic rings. The van der Waals surface area contributed by atoms with Crippen molar-refractivity contribution in [1.82, 2.24) is 0 Å². The number of amides is 3. The van der Waals surface area contributed by atoms with E-state index >= 15 is 0 Å². The number of anilines is 3. The summed E-state index contributed by atoms with van der Waals surface area (Å²) >= 11 is 0. The fraction of sp³-hybridized carbons (Fsp3) is 0.133. The van der Waals surface area contributed by atoms with Crippen LogP contribution >= 0.6 is 0 Å². The van der Waals surface area contributed by atoms with Gasteiger partial charge in [0.05, 0.1) is 14.8 Å². The number of nitrogens with one attached hydrogen (secondary N) is 4. The van der Waals surface area contributed by atoms with Gasteiger partial charge >= 0.3 is 0 Å². The predicted molar refractivity (Wildman–Crippen MR) is 238 cm³/mol. The van der Waals surface area contributed by atoms with Crippen molar-refractivity contribution in [2.24, 2.45) is 0 Å². The summed E-state index contributed by atoms with van der Waals surface area (Å²) in [6, 6.07) is 36.3. The van der Waals surface area contributed by atoms with Gasteiger partial charge in [-0.1, -0.05) is 0 Å². The summed E-state index contributed by atoms with van der Waals surface area (Å²) in [6.45, 7) is 2.67. The van der Waals surface area contributed by atoms with Crippen molar-refractivity contribution >= 4 is 51.8 Å². The van der Waals surface area contributed by atoms with Crippen molar-refractivity contribution in [2.75, 3.05) is 55.4 Å². The van der Waals surface area contributed by atoms with E-state index in [4.69, 9.17) is 14.2 Å². The minimum atomic E-state index is -0.537. The minimum absolute atomic E-state index is 0. The normalized spacial score (nSPS) is 10.3. The largest absolute Gasteiger partial charge is 1.00 e. The predicted octanol–water partition coefficient (Wildman–Crippen LogP) is 2.77. The molecule has 3 amide bonds. The van der Waals surface area contributed by atoms with E-state index in [-0.39, 0.29) is 51.6 Å². The molecule has 6 aromatic carbocycles. The molecule has 6 rings (SSSR count). The molecule has 0 aliphatic heterocycles. The van der Waals surface area contributed by atoms with E-state index in [0.29, 0.717) is 73.8 Å². The van der Waals surface area contributed by atoms with Gasteiger partial charge in [-0.3, -0.25) is 44.7 Å². The number of nitro groups is 3. The number of non-ortho nitro benzene ring substituents is 3. The maximum absolute atomic E-state index is 12.6. The van der Waals surface area contributed by atoms with Crippen LogP contribution in [0.2, 0.25) is 0 Å². The zero-order chi connectivity index (χ0) is 45.4. The van der Waals surface area contributed by atoms with E-state index < -0.39 is 32.5 Å². The summed E-state index contributed by atoms with van der Waals surface area (Å²) in [4.78, 5) is 70.2. The number of carbonyl (C=O) groups is 3. The Balaban J connectivity index is 0.00000476. The van der Waals surface area contributed by atoms with Crippen LogP contribution in [0.4, 0.5) is 34.1 Å². The lowest BCUT2D eigenvalue weighted by molar-refractivity contribution is -0.900. The molecule has 342 valence electrons. The summed E-state index contributed by atoms with van der Waals surface area (Å²) < 4.78 is 18.1. The molecular weight excluding hydrogens is 882 g/mol. The van der Waals surface area contributed by atoms with E-state index in [0.717, 1.165) is 4.90 Å². The monoisotopic (exact) mass is 923 g/mol. The Labute approximate surface area is 382 Å². The topological polar surface area (TPSA) is 280 Å². The van der Waals surface area contributed by atoms with Crippen molar-refractivity contribution < 1.29 is 66.1 Å². The zero-order valence-corrected chi connectivity index (χ0v) is 35.5. The number of ether oxygens (including phenoxy) is 3. The third-order valence-corrected chi connectivity index (χ3v) is 9.53. The second-order valence-electron chi connectivity index (χ2n) is 13.9. The van der Waals surface area contributed by atoms with Gasteiger partial charge in [0.15, 0.2) is 0 Å². The maximum Gasteiger partial charge on any atom is 0.269 e. The van der Waals surface area contributed by atoms with Crippen LogP contribution in [0.15, 0.2) is 146 Å². The number of carbonyl (C=O) groups excluding carboxylic acids is 3. The summed E-state index contributed by atoms with van der Waals surface area (Å²) in [5.74, 6) is 0.455. The van der Waals surface area contributed by atoms with E-state index in [9.17, 15) is 44.7 Å². The van der Waals surface area contributed by atoms with Gasteiger partial charge in [-0.05, 0) is 109 Å². The average Bonchev–Trinajstić information content (AvgIpc) is 3.30. The summed E-state index contributed by atoms with van der Waals surface area (Å²) in [5.41, 5.74) is 2.00. The van der Waals surface area contributed by atoms with Crippen molar-refractivity contribution in [3.63, 3.8) is 0 Å². The fourth-order valence-corrected chi connectivity index (χ4v) is 6.03. The van der Waals surface area contributed by atoms with Crippen LogP contribution in [-0.4, -0.2) is 77.4 Å². The van der Waals surface area contributed by atoms with E-state index in [1.165, 1.54) is 72.8 Å². The Bertz CT molecular complexity index is 2300. The molecular formula is C45H42ClN7O13. The molecule has 0 bridgehead atoms. The first kappa shape index (κ1) is 50.2. The zero-order valence-electron chi connectivity index (χ0n) is 34.7.